The predicted octanol–water partition coefficient (Wildman–Crippen LogP) is 4.02. The highest BCUT2D eigenvalue weighted by Gasteiger charge is 2.09. The minimum absolute atomic E-state index is 0.419. The van der Waals surface area contributed by atoms with E-state index in [1.807, 2.05) is 17.5 Å². The number of thiophene rings is 1. The molecule has 0 bridgehead atoms. The van der Waals surface area contributed by atoms with Gasteiger partial charge in [-0.2, -0.15) is 5.26 Å². The van der Waals surface area contributed by atoms with Crippen LogP contribution in [-0.2, 0) is 6.42 Å². The summed E-state index contributed by atoms with van der Waals surface area (Å²) in [7, 11) is 0. The Morgan fingerprint density at radius 1 is 1.50 bits per heavy atom. The Morgan fingerprint density at radius 3 is 3.00 bits per heavy atom. The summed E-state index contributed by atoms with van der Waals surface area (Å²) in [6, 6.07) is 6.21. The Hall–Kier alpha value is -0.500. The molecule has 14 heavy (non-hydrogen) atoms. The normalized spacial score (nSPS) is 10.4. The van der Waals surface area contributed by atoms with Crippen molar-refractivity contribution in [1.29, 1.82) is 5.26 Å². The molecule has 1 aromatic heterocycles. The van der Waals surface area contributed by atoms with Crippen LogP contribution in [0, 0.1) is 11.3 Å². The van der Waals surface area contributed by atoms with Crippen LogP contribution in [0.15, 0.2) is 26.9 Å². The highest BCUT2D eigenvalue weighted by molar-refractivity contribution is 9.10. The van der Waals surface area contributed by atoms with Crippen molar-refractivity contribution in [3.05, 3.63) is 27.5 Å². The van der Waals surface area contributed by atoms with Crippen molar-refractivity contribution >= 4 is 50.0 Å². The summed E-state index contributed by atoms with van der Waals surface area (Å²) in [5.74, 6) is 0. The molecule has 4 heteroatoms. The van der Waals surface area contributed by atoms with E-state index in [0.29, 0.717) is 6.42 Å². The van der Waals surface area contributed by atoms with Crippen molar-refractivity contribution in [2.75, 3.05) is 0 Å². The van der Waals surface area contributed by atoms with Crippen molar-refractivity contribution in [2.45, 2.75) is 11.3 Å². The van der Waals surface area contributed by atoms with E-state index >= 15 is 0 Å². The first-order valence-electron chi connectivity index (χ1n) is 3.98. The Bertz CT molecular complexity index is 525. The molecule has 0 aliphatic heterocycles. The second kappa shape index (κ2) is 3.93. The molecule has 2 rings (SSSR count). The molecule has 0 aliphatic rings. The lowest BCUT2D eigenvalue weighted by molar-refractivity contribution is 1.27. The quantitative estimate of drug-likeness (QED) is 0.786. The average Bonchev–Trinajstić information content (AvgIpc) is 2.53. The maximum atomic E-state index is 8.74. The van der Waals surface area contributed by atoms with Gasteiger partial charge in [-0.05, 0) is 17.7 Å². The van der Waals surface area contributed by atoms with Crippen LogP contribution in [0.5, 0.6) is 0 Å². The van der Waals surface area contributed by atoms with Gasteiger partial charge in [0.25, 0.3) is 0 Å². The van der Waals surface area contributed by atoms with Crippen molar-refractivity contribution < 1.29 is 0 Å². The standard InChI is InChI=1S/C10H6BrNS2/c11-7-1-2-9-10(6(7)3-4-12)8(13)5-14-9/h1-2,5,13H,3H2. The zero-order valence-corrected chi connectivity index (χ0v) is 10.4. The van der Waals surface area contributed by atoms with Crippen LogP contribution in [0.4, 0.5) is 0 Å². The molecule has 0 radical (unpaired) electrons. The van der Waals surface area contributed by atoms with Crippen molar-refractivity contribution in [1.82, 2.24) is 0 Å². The number of benzene rings is 1. The van der Waals surface area contributed by atoms with E-state index in [4.69, 9.17) is 5.26 Å². The van der Waals surface area contributed by atoms with E-state index in [0.717, 1.165) is 20.3 Å². The molecule has 1 aromatic carbocycles. The first-order chi connectivity index (χ1) is 6.74. The van der Waals surface area contributed by atoms with E-state index in [9.17, 15) is 0 Å². The van der Waals surface area contributed by atoms with Gasteiger partial charge in [-0.15, -0.1) is 24.0 Å². The van der Waals surface area contributed by atoms with Crippen molar-refractivity contribution in [3.8, 4) is 6.07 Å². The molecule has 0 saturated carbocycles. The molecule has 0 spiro atoms. The number of nitriles is 1. The lowest BCUT2D eigenvalue weighted by atomic mass is 10.1. The number of nitrogens with zero attached hydrogens (tertiary/aromatic N) is 1. The molecule has 0 saturated heterocycles. The molecule has 2 aromatic rings. The van der Waals surface area contributed by atoms with Crippen LogP contribution in [0.3, 0.4) is 0 Å². The fraction of sp³-hybridized carbons (Fsp3) is 0.100. The van der Waals surface area contributed by atoms with E-state index in [1.165, 1.54) is 4.70 Å². The molecular formula is C10H6BrNS2. The number of halogens is 1. The number of hydrogen-bond donors (Lipinski definition) is 1. The zero-order chi connectivity index (χ0) is 10.1. The van der Waals surface area contributed by atoms with Crippen molar-refractivity contribution in [3.63, 3.8) is 0 Å². The molecule has 0 fully saturated rings. The summed E-state index contributed by atoms with van der Waals surface area (Å²) in [4.78, 5) is 0.955. The third-order valence-electron chi connectivity index (χ3n) is 2.03. The fourth-order valence-corrected chi connectivity index (χ4v) is 3.22. The van der Waals surface area contributed by atoms with Gasteiger partial charge in [0.2, 0.25) is 0 Å². The Balaban J connectivity index is 2.81. The Kier molecular flexibility index (Phi) is 2.82. The molecule has 0 N–H and O–H groups in total. The summed E-state index contributed by atoms with van der Waals surface area (Å²) in [5.41, 5.74) is 1.04. The Morgan fingerprint density at radius 2 is 2.29 bits per heavy atom. The fourth-order valence-electron chi connectivity index (χ4n) is 1.41. The molecule has 1 heterocycles. The molecule has 0 atom stereocenters. The van der Waals surface area contributed by atoms with Crippen molar-refractivity contribution in [2.24, 2.45) is 0 Å². The van der Waals surface area contributed by atoms with Gasteiger partial charge in [0.05, 0.1) is 12.5 Å². The molecule has 0 aliphatic carbocycles. The zero-order valence-electron chi connectivity index (χ0n) is 7.12. The summed E-state index contributed by atoms with van der Waals surface area (Å²) >= 11 is 9.50. The third-order valence-corrected chi connectivity index (χ3v) is 4.25. The summed E-state index contributed by atoms with van der Waals surface area (Å²) in [5, 5.41) is 11.8. The highest BCUT2D eigenvalue weighted by Crippen LogP contribution is 2.35. The van der Waals surface area contributed by atoms with E-state index in [-0.39, 0.29) is 0 Å². The summed E-state index contributed by atoms with van der Waals surface area (Å²) in [6.45, 7) is 0. The smallest absolute Gasteiger partial charge is 0.0670 e. The minimum atomic E-state index is 0.419. The number of fused-ring (bicyclic) bond motifs is 1. The molecule has 0 amide bonds. The van der Waals surface area contributed by atoms with Gasteiger partial charge >= 0.3 is 0 Å². The largest absolute Gasteiger partial charge is 0.198 e. The first kappa shape index (κ1) is 10.0. The van der Waals surface area contributed by atoms with Crippen LogP contribution >= 0.6 is 39.9 Å². The molecule has 70 valence electrons. The molecule has 1 nitrogen and oxygen atoms in total. The molecule has 0 unspecified atom stereocenters. The second-order valence-corrected chi connectivity index (χ2v) is 5.10. The average molecular weight is 284 g/mol. The van der Waals surface area contributed by atoms with Crippen LogP contribution in [-0.4, -0.2) is 0 Å². The third kappa shape index (κ3) is 1.56. The summed E-state index contributed by atoms with van der Waals surface area (Å²) in [6.07, 6.45) is 0.419. The number of hydrogen-bond acceptors (Lipinski definition) is 3. The van der Waals surface area contributed by atoms with Gasteiger partial charge in [-0.25, -0.2) is 0 Å². The molecular weight excluding hydrogens is 278 g/mol. The number of rotatable bonds is 1. The van der Waals surface area contributed by atoms with Gasteiger partial charge < -0.3 is 0 Å². The topological polar surface area (TPSA) is 23.8 Å². The Labute approximate surface area is 99.9 Å². The van der Waals surface area contributed by atoms with Gasteiger partial charge in [0.15, 0.2) is 0 Å². The van der Waals surface area contributed by atoms with Crippen LogP contribution in [0.1, 0.15) is 5.56 Å². The highest BCUT2D eigenvalue weighted by atomic mass is 79.9. The number of thiol groups is 1. The minimum Gasteiger partial charge on any atom is -0.198 e. The predicted molar refractivity (Wildman–Crippen MR) is 66.1 cm³/mol. The van der Waals surface area contributed by atoms with Gasteiger partial charge in [-0.3, -0.25) is 0 Å². The van der Waals surface area contributed by atoms with Crippen LogP contribution in [0.25, 0.3) is 10.1 Å². The second-order valence-electron chi connectivity index (χ2n) is 2.85. The maximum absolute atomic E-state index is 8.74. The van der Waals surface area contributed by atoms with E-state index < -0.39 is 0 Å². The van der Waals surface area contributed by atoms with E-state index in [1.54, 1.807) is 11.3 Å². The van der Waals surface area contributed by atoms with Gasteiger partial charge in [0, 0.05) is 24.8 Å². The van der Waals surface area contributed by atoms with E-state index in [2.05, 4.69) is 34.6 Å². The van der Waals surface area contributed by atoms with Crippen LogP contribution in [0.2, 0.25) is 0 Å². The van der Waals surface area contributed by atoms with Crippen LogP contribution < -0.4 is 0 Å². The lowest BCUT2D eigenvalue weighted by Crippen LogP contribution is -1.85. The SMILES string of the molecule is N#CCc1c(Br)ccc2scc(S)c12. The lowest BCUT2D eigenvalue weighted by Gasteiger charge is -2.02. The first-order valence-corrected chi connectivity index (χ1v) is 6.10. The monoisotopic (exact) mass is 283 g/mol. The summed E-state index contributed by atoms with van der Waals surface area (Å²) < 4.78 is 2.17. The van der Waals surface area contributed by atoms with Gasteiger partial charge in [-0.1, -0.05) is 15.9 Å². The maximum Gasteiger partial charge on any atom is 0.0670 e. The van der Waals surface area contributed by atoms with Gasteiger partial charge in [0.1, 0.15) is 0 Å².